The third-order valence-electron chi connectivity index (χ3n) is 6.07. The SMILES string of the molecule is COc1cc(C=Nn2c(-c3cccc(C(F)(F)F)c3)nc3ccccc3c2=O)cc(Br)c1OCc1ccc(Cl)cc1. The van der Waals surface area contributed by atoms with E-state index in [9.17, 15) is 18.0 Å². The zero-order chi connectivity index (χ0) is 29.1. The molecule has 0 atom stereocenters. The molecule has 208 valence electrons. The predicted octanol–water partition coefficient (Wildman–Crippen LogP) is 7.97. The Bertz CT molecular complexity index is 1820. The molecular formula is C30H20BrClF3N3O3. The number of alkyl halides is 3. The smallest absolute Gasteiger partial charge is 0.416 e. The number of ether oxygens (including phenoxy) is 2. The summed E-state index contributed by atoms with van der Waals surface area (Å²) in [7, 11) is 1.49. The zero-order valence-corrected chi connectivity index (χ0v) is 23.7. The standard InChI is InChI=1S/C30H20BrClF3N3O3/c1-40-26-14-19(13-24(31)27(26)41-17-18-9-11-22(32)12-10-18)16-36-38-28(20-5-4-6-21(15-20)30(33,34)35)37-25-8-3-2-7-23(25)29(38)39/h2-16H,17H2,1H3. The average molecular weight is 643 g/mol. The van der Waals surface area contributed by atoms with Crippen LogP contribution in [0.5, 0.6) is 11.5 Å². The van der Waals surface area contributed by atoms with Crippen LogP contribution in [-0.4, -0.2) is 23.0 Å². The van der Waals surface area contributed by atoms with Crippen LogP contribution in [0.1, 0.15) is 16.7 Å². The maximum absolute atomic E-state index is 13.4. The third-order valence-corrected chi connectivity index (χ3v) is 6.91. The molecule has 5 rings (SSSR count). The summed E-state index contributed by atoms with van der Waals surface area (Å²) in [6, 6.07) is 21.8. The molecule has 0 spiro atoms. The lowest BCUT2D eigenvalue weighted by molar-refractivity contribution is -0.137. The van der Waals surface area contributed by atoms with Crippen molar-refractivity contribution < 1.29 is 22.6 Å². The number of aromatic nitrogens is 2. The van der Waals surface area contributed by atoms with Gasteiger partial charge in [0.1, 0.15) is 6.61 Å². The van der Waals surface area contributed by atoms with Gasteiger partial charge in [-0.15, -0.1) is 0 Å². The second-order valence-electron chi connectivity index (χ2n) is 8.84. The van der Waals surface area contributed by atoms with E-state index in [1.807, 2.05) is 12.1 Å². The average Bonchev–Trinajstić information content (AvgIpc) is 2.96. The molecule has 0 aliphatic rings. The molecule has 11 heteroatoms. The van der Waals surface area contributed by atoms with E-state index in [2.05, 4.69) is 26.0 Å². The normalized spacial score (nSPS) is 11.8. The second-order valence-corrected chi connectivity index (χ2v) is 10.1. The Morgan fingerprint density at radius 3 is 2.51 bits per heavy atom. The number of para-hydroxylation sites is 1. The van der Waals surface area contributed by atoms with Crippen LogP contribution < -0.4 is 15.0 Å². The summed E-state index contributed by atoms with van der Waals surface area (Å²) in [5.41, 5.74) is 0.457. The molecule has 0 radical (unpaired) electrons. The van der Waals surface area contributed by atoms with Crippen LogP contribution in [0, 0.1) is 0 Å². The van der Waals surface area contributed by atoms with Crippen molar-refractivity contribution in [3.63, 3.8) is 0 Å². The minimum Gasteiger partial charge on any atom is -0.493 e. The van der Waals surface area contributed by atoms with Crippen molar-refractivity contribution in [2.24, 2.45) is 5.10 Å². The monoisotopic (exact) mass is 641 g/mol. The molecule has 5 aromatic rings. The molecule has 0 bridgehead atoms. The number of fused-ring (bicyclic) bond motifs is 1. The first-order valence-corrected chi connectivity index (χ1v) is 13.3. The quantitative estimate of drug-likeness (QED) is 0.169. The zero-order valence-electron chi connectivity index (χ0n) is 21.3. The summed E-state index contributed by atoms with van der Waals surface area (Å²) in [5.74, 6) is 0.815. The van der Waals surface area contributed by atoms with Gasteiger partial charge in [0, 0.05) is 10.6 Å². The van der Waals surface area contributed by atoms with Gasteiger partial charge in [0.2, 0.25) is 0 Å². The van der Waals surface area contributed by atoms with Gasteiger partial charge < -0.3 is 9.47 Å². The molecule has 6 nitrogen and oxygen atoms in total. The summed E-state index contributed by atoms with van der Waals surface area (Å²) >= 11 is 9.45. The molecule has 0 saturated carbocycles. The van der Waals surface area contributed by atoms with Crippen LogP contribution in [0.4, 0.5) is 13.2 Å². The highest BCUT2D eigenvalue weighted by molar-refractivity contribution is 9.10. The first-order chi connectivity index (χ1) is 19.6. The van der Waals surface area contributed by atoms with Gasteiger partial charge in [-0.25, -0.2) is 4.98 Å². The highest BCUT2D eigenvalue weighted by Crippen LogP contribution is 2.37. The fraction of sp³-hybridized carbons (Fsp3) is 0.100. The Kier molecular flexibility index (Phi) is 8.14. The largest absolute Gasteiger partial charge is 0.493 e. The lowest BCUT2D eigenvalue weighted by Gasteiger charge is -2.14. The summed E-state index contributed by atoms with van der Waals surface area (Å²) < 4.78 is 53.4. The number of halogens is 5. The van der Waals surface area contributed by atoms with E-state index in [0.717, 1.165) is 22.4 Å². The predicted molar refractivity (Wildman–Crippen MR) is 156 cm³/mol. The second kappa shape index (κ2) is 11.8. The van der Waals surface area contributed by atoms with E-state index < -0.39 is 17.3 Å². The minimum atomic E-state index is -4.57. The summed E-state index contributed by atoms with van der Waals surface area (Å²) in [4.78, 5) is 17.9. The molecule has 0 fully saturated rings. The minimum absolute atomic E-state index is 0.0370. The fourth-order valence-electron chi connectivity index (χ4n) is 4.07. The van der Waals surface area contributed by atoms with Gasteiger partial charge in [-0.1, -0.05) is 48.0 Å². The van der Waals surface area contributed by atoms with Gasteiger partial charge in [0.25, 0.3) is 5.56 Å². The molecule has 0 N–H and O–H groups in total. The molecule has 0 saturated heterocycles. The van der Waals surface area contributed by atoms with Crippen LogP contribution >= 0.6 is 27.5 Å². The molecule has 1 heterocycles. The Morgan fingerprint density at radius 2 is 1.78 bits per heavy atom. The van der Waals surface area contributed by atoms with Crippen LogP contribution in [0.25, 0.3) is 22.3 Å². The van der Waals surface area contributed by atoms with Crippen molar-refractivity contribution >= 4 is 44.6 Å². The lowest BCUT2D eigenvalue weighted by Crippen LogP contribution is -2.20. The molecule has 4 aromatic carbocycles. The topological polar surface area (TPSA) is 65.7 Å². The van der Waals surface area contributed by atoms with Crippen molar-refractivity contribution in [2.45, 2.75) is 12.8 Å². The molecule has 1 aromatic heterocycles. The van der Waals surface area contributed by atoms with Crippen LogP contribution in [0.2, 0.25) is 5.02 Å². The number of hydrogen-bond acceptors (Lipinski definition) is 5. The van der Waals surface area contributed by atoms with Crippen LogP contribution in [0.3, 0.4) is 0 Å². The first-order valence-electron chi connectivity index (χ1n) is 12.1. The molecule has 0 aliphatic carbocycles. The maximum atomic E-state index is 13.4. The van der Waals surface area contributed by atoms with E-state index in [4.69, 9.17) is 21.1 Å². The van der Waals surface area contributed by atoms with Crippen molar-refractivity contribution in [1.29, 1.82) is 0 Å². The number of rotatable bonds is 7. The molecule has 41 heavy (non-hydrogen) atoms. The Balaban J connectivity index is 1.54. The number of benzene rings is 4. The molecule has 0 aliphatic heterocycles. The summed E-state index contributed by atoms with van der Waals surface area (Å²) in [6.45, 7) is 0.262. The first kappa shape index (κ1) is 28.4. The van der Waals surface area contributed by atoms with E-state index in [1.165, 1.54) is 25.5 Å². The van der Waals surface area contributed by atoms with E-state index in [0.29, 0.717) is 32.1 Å². The third kappa shape index (κ3) is 6.28. The number of nitrogens with zero attached hydrogens (tertiary/aromatic N) is 3. The Hall–Kier alpha value is -4.15. The molecular weight excluding hydrogens is 623 g/mol. The van der Waals surface area contributed by atoms with Crippen molar-refractivity contribution in [2.75, 3.05) is 7.11 Å². The Labute approximate surface area is 245 Å². The summed E-state index contributed by atoms with van der Waals surface area (Å²) in [5, 5.41) is 5.24. The van der Waals surface area contributed by atoms with Crippen molar-refractivity contribution in [1.82, 2.24) is 9.66 Å². The molecule has 0 amide bonds. The van der Waals surface area contributed by atoms with Gasteiger partial charge in [0.05, 0.1) is 34.3 Å². The highest BCUT2D eigenvalue weighted by atomic mass is 79.9. The number of hydrogen-bond donors (Lipinski definition) is 0. The van der Waals surface area contributed by atoms with Crippen molar-refractivity contribution in [3.05, 3.63) is 121 Å². The van der Waals surface area contributed by atoms with Gasteiger partial charge in [-0.3, -0.25) is 4.79 Å². The van der Waals surface area contributed by atoms with E-state index in [-0.39, 0.29) is 23.4 Å². The van der Waals surface area contributed by atoms with Crippen LogP contribution in [-0.2, 0) is 12.8 Å². The van der Waals surface area contributed by atoms with Gasteiger partial charge in [-0.2, -0.15) is 22.9 Å². The van der Waals surface area contributed by atoms with Gasteiger partial charge in [-0.05, 0) is 75.6 Å². The molecule has 0 unspecified atom stereocenters. The fourth-order valence-corrected chi connectivity index (χ4v) is 4.77. The van der Waals surface area contributed by atoms with Crippen molar-refractivity contribution in [3.8, 4) is 22.9 Å². The van der Waals surface area contributed by atoms with Crippen LogP contribution in [0.15, 0.2) is 99.3 Å². The van der Waals surface area contributed by atoms with E-state index in [1.54, 1.807) is 48.5 Å². The maximum Gasteiger partial charge on any atom is 0.416 e. The highest BCUT2D eigenvalue weighted by Gasteiger charge is 2.31. The Morgan fingerprint density at radius 1 is 1.02 bits per heavy atom. The van der Waals surface area contributed by atoms with E-state index >= 15 is 0 Å². The summed E-state index contributed by atoms with van der Waals surface area (Å²) in [6.07, 6.45) is -3.17. The number of methoxy groups -OCH3 is 1. The lowest BCUT2D eigenvalue weighted by atomic mass is 10.1. The van der Waals surface area contributed by atoms with Gasteiger partial charge >= 0.3 is 6.18 Å². The van der Waals surface area contributed by atoms with Gasteiger partial charge in [0.15, 0.2) is 17.3 Å².